The normalized spacial score (nSPS) is 11.4. The molecule has 0 bridgehead atoms. The van der Waals surface area contributed by atoms with Crippen LogP contribution >= 0.6 is 0 Å². The van der Waals surface area contributed by atoms with E-state index in [1.54, 1.807) is 18.1 Å². The van der Waals surface area contributed by atoms with Gasteiger partial charge in [-0.15, -0.1) is 0 Å². The molecule has 0 spiro atoms. The summed E-state index contributed by atoms with van der Waals surface area (Å²) in [5.74, 6) is 0.0724. The molecule has 0 aromatic carbocycles. The molecule has 0 saturated carbocycles. The van der Waals surface area contributed by atoms with Gasteiger partial charge in [-0.3, -0.25) is 19.1 Å². The van der Waals surface area contributed by atoms with Gasteiger partial charge in [0.15, 0.2) is 0 Å². The molecule has 1 amide bonds. The number of amides is 1. The van der Waals surface area contributed by atoms with Crippen molar-refractivity contribution in [2.75, 3.05) is 7.05 Å². The zero-order valence-corrected chi connectivity index (χ0v) is 15.2. The Kier molecular flexibility index (Phi) is 4.83. The molecule has 7 nitrogen and oxygen atoms in total. The monoisotopic (exact) mass is 340 g/mol. The summed E-state index contributed by atoms with van der Waals surface area (Å²) < 4.78 is 3.85. The number of pyridine rings is 1. The first-order valence-corrected chi connectivity index (χ1v) is 8.52. The van der Waals surface area contributed by atoms with Crippen LogP contribution in [0.4, 0.5) is 0 Å². The SMILES string of the molecule is Cc1nn(C(C)C)c2cnn(CCC(=O)N(C)Cc3ccccn3)c12. The lowest BCUT2D eigenvalue weighted by molar-refractivity contribution is -0.130. The Morgan fingerprint density at radius 1 is 1.32 bits per heavy atom. The number of carbonyl (C=O) groups is 1. The lowest BCUT2D eigenvalue weighted by Crippen LogP contribution is -2.27. The van der Waals surface area contributed by atoms with Crippen molar-refractivity contribution in [3.05, 3.63) is 42.0 Å². The van der Waals surface area contributed by atoms with Crippen LogP contribution in [-0.2, 0) is 17.9 Å². The van der Waals surface area contributed by atoms with Crippen molar-refractivity contribution in [3.63, 3.8) is 0 Å². The number of fused-ring (bicyclic) bond motifs is 1. The van der Waals surface area contributed by atoms with Crippen LogP contribution in [0.5, 0.6) is 0 Å². The van der Waals surface area contributed by atoms with Gasteiger partial charge in [0.2, 0.25) is 5.91 Å². The van der Waals surface area contributed by atoms with Gasteiger partial charge >= 0.3 is 0 Å². The molecule has 0 aliphatic rings. The first-order chi connectivity index (χ1) is 12.0. The maximum Gasteiger partial charge on any atom is 0.224 e. The molecule has 7 heteroatoms. The number of hydrogen-bond donors (Lipinski definition) is 0. The summed E-state index contributed by atoms with van der Waals surface area (Å²) >= 11 is 0. The number of aryl methyl sites for hydroxylation is 2. The molecule has 0 fully saturated rings. The number of hydrogen-bond acceptors (Lipinski definition) is 4. The van der Waals surface area contributed by atoms with E-state index >= 15 is 0 Å². The van der Waals surface area contributed by atoms with Crippen LogP contribution in [0.3, 0.4) is 0 Å². The third-order valence-corrected chi connectivity index (χ3v) is 4.25. The Labute approximate surface area is 147 Å². The van der Waals surface area contributed by atoms with Crippen LogP contribution in [0, 0.1) is 6.92 Å². The number of nitrogens with zero attached hydrogens (tertiary/aromatic N) is 6. The van der Waals surface area contributed by atoms with Gasteiger partial charge in [-0.25, -0.2) is 0 Å². The van der Waals surface area contributed by atoms with E-state index in [-0.39, 0.29) is 11.9 Å². The Bertz CT molecular complexity index is 864. The average Bonchev–Trinajstić information content (AvgIpc) is 3.15. The molecule has 3 heterocycles. The molecular formula is C18H24N6O. The Morgan fingerprint density at radius 2 is 2.12 bits per heavy atom. The first-order valence-electron chi connectivity index (χ1n) is 8.52. The number of carbonyl (C=O) groups excluding carboxylic acids is 1. The predicted octanol–water partition coefficient (Wildman–Crippen LogP) is 2.57. The topological polar surface area (TPSA) is 68.8 Å². The van der Waals surface area contributed by atoms with Crippen LogP contribution in [0.2, 0.25) is 0 Å². The van der Waals surface area contributed by atoms with Gasteiger partial charge in [-0.2, -0.15) is 10.2 Å². The van der Waals surface area contributed by atoms with Crippen molar-refractivity contribution in [2.45, 2.75) is 46.3 Å². The summed E-state index contributed by atoms with van der Waals surface area (Å²) in [6.07, 6.45) is 3.97. The highest BCUT2D eigenvalue weighted by Crippen LogP contribution is 2.21. The standard InChI is InChI=1S/C18H24N6O/c1-13(2)24-16-11-20-23(18(16)14(3)21-24)10-8-17(25)22(4)12-15-7-5-6-9-19-15/h5-7,9,11,13H,8,10,12H2,1-4H3. The van der Waals surface area contributed by atoms with Gasteiger partial charge in [0, 0.05) is 25.7 Å². The lowest BCUT2D eigenvalue weighted by Gasteiger charge is -2.16. The fourth-order valence-electron chi connectivity index (χ4n) is 2.96. The van der Waals surface area contributed by atoms with Crippen molar-refractivity contribution >= 4 is 16.9 Å². The van der Waals surface area contributed by atoms with Crippen molar-refractivity contribution in [1.82, 2.24) is 29.4 Å². The second-order valence-electron chi connectivity index (χ2n) is 6.55. The molecule has 132 valence electrons. The number of rotatable bonds is 6. The largest absolute Gasteiger partial charge is 0.340 e. The summed E-state index contributed by atoms with van der Waals surface area (Å²) in [7, 11) is 1.80. The summed E-state index contributed by atoms with van der Waals surface area (Å²) in [5.41, 5.74) is 3.85. The second-order valence-corrected chi connectivity index (χ2v) is 6.55. The molecule has 25 heavy (non-hydrogen) atoms. The van der Waals surface area contributed by atoms with Crippen molar-refractivity contribution in [1.29, 1.82) is 0 Å². The lowest BCUT2D eigenvalue weighted by atomic mass is 10.3. The minimum Gasteiger partial charge on any atom is -0.340 e. The van der Waals surface area contributed by atoms with Gasteiger partial charge in [-0.1, -0.05) is 6.07 Å². The fourth-order valence-corrected chi connectivity index (χ4v) is 2.96. The van der Waals surface area contributed by atoms with E-state index in [4.69, 9.17) is 0 Å². The molecule has 3 aromatic heterocycles. The van der Waals surface area contributed by atoms with Crippen LogP contribution in [0.15, 0.2) is 30.6 Å². The highest BCUT2D eigenvalue weighted by Gasteiger charge is 2.16. The highest BCUT2D eigenvalue weighted by molar-refractivity contribution is 5.79. The van der Waals surface area contributed by atoms with E-state index in [0.717, 1.165) is 22.4 Å². The molecule has 0 radical (unpaired) electrons. The third-order valence-electron chi connectivity index (χ3n) is 4.25. The van der Waals surface area contributed by atoms with Crippen molar-refractivity contribution in [3.8, 4) is 0 Å². The molecule has 0 N–H and O–H groups in total. The van der Waals surface area contributed by atoms with E-state index in [1.165, 1.54) is 0 Å². The van der Waals surface area contributed by atoms with E-state index in [0.29, 0.717) is 19.5 Å². The zero-order chi connectivity index (χ0) is 18.0. The van der Waals surface area contributed by atoms with Gasteiger partial charge in [-0.05, 0) is 32.9 Å². The minimum atomic E-state index is 0.0724. The van der Waals surface area contributed by atoms with Crippen LogP contribution < -0.4 is 0 Å². The number of aromatic nitrogens is 5. The Hall–Kier alpha value is -2.70. The highest BCUT2D eigenvalue weighted by atomic mass is 16.2. The maximum absolute atomic E-state index is 12.4. The average molecular weight is 340 g/mol. The maximum atomic E-state index is 12.4. The molecule has 0 aliphatic carbocycles. The van der Waals surface area contributed by atoms with Gasteiger partial charge in [0.25, 0.3) is 0 Å². The van der Waals surface area contributed by atoms with Gasteiger partial charge in [0.1, 0.15) is 11.0 Å². The van der Waals surface area contributed by atoms with E-state index in [2.05, 4.69) is 29.0 Å². The zero-order valence-electron chi connectivity index (χ0n) is 15.2. The molecular weight excluding hydrogens is 316 g/mol. The summed E-state index contributed by atoms with van der Waals surface area (Å²) in [5, 5.41) is 9.03. The Balaban J connectivity index is 1.67. The van der Waals surface area contributed by atoms with Crippen LogP contribution in [-0.4, -0.2) is 42.4 Å². The summed E-state index contributed by atoms with van der Waals surface area (Å²) in [6, 6.07) is 5.99. The third kappa shape index (κ3) is 3.55. The van der Waals surface area contributed by atoms with Crippen molar-refractivity contribution < 1.29 is 4.79 Å². The minimum absolute atomic E-state index is 0.0724. The second kappa shape index (κ2) is 7.04. The molecule has 0 saturated heterocycles. The van der Waals surface area contributed by atoms with Gasteiger partial charge in [0.05, 0.1) is 30.7 Å². The molecule has 3 aromatic rings. The van der Waals surface area contributed by atoms with E-state index < -0.39 is 0 Å². The molecule has 0 unspecified atom stereocenters. The summed E-state index contributed by atoms with van der Waals surface area (Å²) in [6.45, 7) is 7.23. The molecule has 0 atom stereocenters. The van der Waals surface area contributed by atoms with E-state index in [1.807, 2.05) is 40.7 Å². The molecule has 0 aliphatic heterocycles. The summed E-state index contributed by atoms with van der Waals surface area (Å²) in [4.78, 5) is 18.4. The molecule has 3 rings (SSSR count). The smallest absolute Gasteiger partial charge is 0.224 e. The van der Waals surface area contributed by atoms with E-state index in [9.17, 15) is 4.79 Å². The van der Waals surface area contributed by atoms with Crippen molar-refractivity contribution in [2.24, 2.45) is 0 Å². The predicted molar refractivity (Wildman–Crippen MR) is 96.0 cm³/mol. The van der Waals surface area contributed by atoms with Gasteiger partial charge < -0.3 is 4.90 Å². The fraction of sp³-hybridized carbons (Fsp3) is 0.444. The van der Waals surface area contributed by atoms with Crippen LogP contribution in [0.25, 0.3) is 11.0 Å². The Morgan fingerprint density at radius 3 is 2.80 bits per heavy atom. The first kappa shape index (κ1) is 17.1. The van der Waals surface area contributed by atoms with Crippen LogP contribution in [0.1, 0.15) is 37.7 Å². The quantitative estimate of drug-likeness (QED) is 0.691.